The molecule has 2 atom stereocenters. The Morgan fingerprint density at radius 3 is 2.67 bits per heavy atom. The van der Waals surface area contributed by atoms with E-state index >= 15 is 0 Å². The Bertz CT molecular complexity index is 847. The highest BCUT2D eigenvalue weighted by Crippen LogP contribution is 2.40. The maximum absolute atomic E-state index is 11.6. The topological polar surface area (TPSA) is 109 Å². The van der Waals surface area contributed by atoms with Crippen molar-refractivity contribution in [3.63, 3.8) is 0 Å². The fraction of sp³-hybridized carbons (Fsp3) is 0.474. The van der Waals surface area contributed by atoms with E-state index in [1.165, 1.54) is 24.9 Å². The second kappa shape index (κ2) is 7.34. The van der Waals surface area contributed by atoms with Gasteiger partial charge in [0, 0.05) is 17.2 Å². The fourth-order valence-electron chi connectivity index (χ4n) is 3.44. The standard InChI is InChI=1S/C19H22N2O5S/c1-19(2)7-13(16-14(8-19)21-15(9-27-16)18(24)25)20-12-5-4-10(26-3)6-11(12)17(22)23/h4-6,15-16H,7-9H2,1-3H3,(H,22,23)(H,24,25). The molecule has 1 aliphatic heterocycles. The summed E-state index contributed by atoms with van der Waals surface area (Å²) < 4.78 is 5.11. The minimum Gasteiger partial charge on any atom is -0.497 e. The molecule has 1 fully saturated rings. The second-order valence-corrected chi connectivity index (χ2v) is 8.64. The van der Waals surface area contributed by atoms with Crippen molar-refractivity contribution in [3.8, 4) is 5.75 Å². The Labute approximate surface area is 161 Å². The molecule has 2 N–H and O–H groups in total. The first-order chi connectivity index (χ1) is 12.7. The largest absolute Gasteiger partial charge is 0.497 e. The lowest BCUT2D eigenvalue weighted by atomic mass is 9.75. The summed E-state index contributed by atoms with van der Waals surface area (Å²) in [6.07, 6.45) is 1.41. The van der Waals surface area contributed by atoms with Crippen molar-refractivity contribution in [1.29, 1.82) is 0 Å². The maximum Gasteiger partial charge on any atom is 0.338 e. The summed E-state index contributed by atoms with van der Waals surface area (Å²) in [6, 6.07) is 4.05. The molecule has 7 nitrogen and oxygen atoms in total. The highest BCUT2D eigenvalue weighted by molar-refractivity contribution is 8.01. The van der Waals surface area contributed by atoms with Gasteiger partial charge in [-0.3, -0.25) is 9.98 Å². The molecule has 3 rings (SSSR count). The van der Waals surface area contributed by atoms with E-state index in [2.05, 4.69) is 18.8 Å². The number of aliphatic imine (C=N–C) groups is 2. The number of thioether (sulfide) groups is 1. The van der Waals surface area contributed by atoms with Crippen LogP contribution in [0.25, 0.3) is 0 Å². The van der Waals surface area contributed by atoms with E-state index in [0.29, 0.717) is 30.0 Å². The number of aliphatic carboxylic acids is 1. The zero-order chi connectivity index (χ0) is 19.8. The predicted octanol–water partition coefficient (Wildman–Crippen LogP) is 3.30. The molecule has 27 heavy (non-hydrogen) atoms. The van der Waals surface area contributed by atoms with E-state index in [9.17, 15) is 19.8 Å². The molecule has 1 aliphatic carbocycles. The highest BCUT2D eigenvalue weighted by atomic mass is 32.2. The third-order valence-corrected chi connectivity index (χ3v) is 6.04. The van der Waals surface area contributed by atoms with E-state index in [1.54, 1.807) is 12.1 Å². The minimum atomic E-state index is -1.07. The normalized spacial score (nSPS) is 25.4. The number of hydrogen-bond donors (Lipinski definition) is 2. The van der Waals surface area contributed by atoms with Gasteiger partial charge < -0.3 is 14.9 Å². The number of carbonyl (C=O) groups is 2. The van der Waals surface area contributed by atoms with Crippen LogP contribution in [0.4, 0.5) is 5.69 Å². The monoisotopic (exact) mass is 390 g/mol. The lowest BCUT2D eigenvalue weighted by Crippen LogP contribution is -2.44. The SMILES string of the molecule is COc1ccc(N=C2CC(C)(C)CC3=NC(C(=O)O)CSC23)c(C(=O)O)c1. The van der Waals surface area contributed by atoms with Crippen LogP contribution in [0.5, 0.6) is 5.75 Å². The summed E-state index contributed by atoms with van der Waals surface area (Å²) in [5.74, 6) is -1.14. The number of rotatable bonds is 4. The van der Waals surface area contributed by atoms with Crippen molar-refractivity contribution in [2.75, 3.05) is 12.9 Å². The van der Waals surface area contributed by atoms with Crippen molar-refractivity contribution in [2.45, 2.75) is 38.0 Å². The van der Waals surface area contributed by atoms with Crippen LogP contribution in [0.3, 0.4) is 0 Å². The number of hydrogen-bond acceptors (Lipinski definition) is 6. The van der Waals surface area contributed by atoms with Gasteiger partial charge in [-0.15, -0.1) is 11.8 Å². The molecule has 1 aromatic rings. The molecule has 0 saturated heterocycles. The molecular formula is C19H22N2O5S. The van der Waals surface area contributed by atoms with Gasteiger partial charge in [-0.2, -0.15) is 0 Å². The number of benzene rings is 1. The third-order valence-electron chi connectivity index (χ3n) is 4.65. The van der Waals surface area contributed by atoms with Gasteiger partial charge in [0.15, 0.2) is 6.04 Å². The van der Waals surface area contributed by atoms with Gasteiger partial charge in [-0.1, -0.05) is 13.8 Å². The summed E-state index contributed by atoms with van der Waals surface area (Å²) in [5, 5.41) is 18.7. The number of methoxy groups -OCH3 is 1. The van der Waals surface area contributed by atoms with Crippen LogP contribution >= 0.6 is 11.8 Å². The zero-order valence-corrected chi connectivity index (χ0v) is 16.2. The lowest BCUT2D eigenvalue weighted by molar-refractivity contribution is -0.137. The van der Waals surface area contributed by atoms with Crippen molar-refractivity contribution >= 4 is 40.8 Å². The molecular weight excluding hydrogens is 368 g/mol. The first kappa shape index (κ1) is 19.4. The molecule has 1 saturated carbocycles. The first-order valence-electron chi connectivity index (χ1n) is 8.60. The third kappa shape index (κ3) is 4.16. The van der Waals surface area contributed by atoms with Crippen molar-refractivity contribution in [3.05, 3.63) is 23.8 Å². The summed E-state index contributed by atoms with van der Waals surface area (Å²) in [7, 11) is 1.48. The predicted molar refractivity (Wildman–Crippen MR) is 105 cm³/mol. The Kier molecular flexibility index (Phi) is 5.28. The number of nitrogens with zero attached hydrogens (tertiary/aromatic N) is 2. The Morgan fingerprint density at radius 1 is 1.30 bits per heavy atom. The lowest BCUT2D eigenvalue weighted by Gasteiger charge is -2.39. The molecule has 1 aromatic carbocycles. The van der Waals surface area contributed by atoms with Crippen LogP contribution in [-0.2, 0) is 4.79 Å². The van der Waals surface area contributed by atoms with Crippen LogP contribution < -0.4 is 4.74 Å². The van der Waals surface area contributed by atoms with Gasteiger partial charge in [0.2, 0.25) is 0 Å². The van der Waals surface area contributed by atoms with Crippen molar-refractivity contribution in [1.82, 2.24) is 0 Å². The molecule has 8 heteroatoms. The van der Waals surface area contributed by atoms with Gasteiger partial charge >= 0.3 is 11.9 Å². The molecule has 144 valence electrons. The van der Waals surface area contributed by atoms with Crippen LogP contribution in [0.1, 0.15) is 37.0 Å². The maximum atomic E-state index is 11.6. The van der Waals surface area contributed by atoms with Crippen LogP contribution in [0, 0.1) is 5.41 Å². The average Bonchev–Trinajstić information content (AvgIpc) is 2.60. The molecule has 1 heterocycles. The van der Waals surface area contributed by atoms with Gasteiger partial charge in [0.25, 0.3) is 0 Å². The van der Waals surface area contributed by atoms with E-state index in [0.717, 1.165) is 11.4 Å². The summed E-state index contributed by atoms with van der Waals surface area (Å²) in [5.41, 5.74) is 2.00. The summed E-state index contributed by atoms with van der Waals surface area (Å²) in [4.78, 5) is 32.1. The Morgan fingerprint density at radius 2 is 2.04 bits per heavy atom. The summed E-state index contributed by atoms with van der Waals surface area (Å²) >= 11 is 1.52. The van der Waals surface area contributed by atoms with E-state index in [1.807, 2.05) is 0 Å². The van der Waals surface area contributed by atoms with E-state index in [4.69, 9.17) is 9.73 Å². The Balaban J connectivity index is 2.04. The molecule has 0 aromatic heterocycles. The summed E-state index contributed by atoms with van der Waals surface area (Å²) in [6.45, 7) is 4.17. The Hall–Kier alpha value is -2.35. The van der Waals surface area contributed by atoms with Crippen molar-refractivity contribution < 1.29 is 24.5 Å². The smallest absolute Gasteiger partial charge is 0.338 e. The van der Waals surface area contributed by atoms with Gasteiger partial charge in [0.1, 0.15) is 5.75 Å². The number of carboxylic acids is 2. The number of carboxylic acid groups (broad SMARTS) is 2. The average molecular weight is 390 g/mol. The minimum absolute atomic E-state index is 0.0768. The first-order valence-corrected chi connectivity index (χ1v) is 9.65. The number of fused-ring (bicyclic) bond motifs is 1. The zero-order valence-electron chi connectivity index (χ0n) is 15.4. The van der Waals surface area contributed by atoms with E-state index < -0.39 is 18.0 Å². The van der Waals surface area contributed by atoms with Crippen LogP contribution in [0.2, 0.25) is 0 Å². The quantitative estimate of drug-likeness (QED) is 0.816. The molecule has 0 radical (unpaired) electrons. The molecule has 0 amide bonds. The highest BCUT2D eigenvalue weighted by Gasteiger charge is 2.40. The fourth-order valence-corrected chi connectivity index (χ4v) is 4.70. The second-order valence-electron chi connectivity index (χ2n) is 7.50. The van der Waals surface area contributed by atoms with Gasteiger partial charge in [0.05, 0.1) is 23.6 Å². The molecule has 2 unspecified atom stereocenters. The van der Waals surface area contributed by atoms with E-state index in [-0.39, 0.29) is 16.2 Å². The molecule has 2 aliphatic rings. The van der Waals surface area contributed by atoms with Crippen LogP contribution in [-0.4, -0.2) is 57.7 Å². The number of ether oxygens (including phenoxy) is 1. The van der Waals surface area contributed by atoms with Gasteiger partial charge in [-0.05, 0) is 36.5 Å². The van der Waals surface area contributed by atoms with Gasteiger partial charge in [-0.25, -0.2) is 9.59 Å². The van der Waals surface area contributed by atoms with Crippen LogP contribution in [0.15, 0.2) is 28.2 Å². The molecule has 0 spiro atoms. The van der Waals surface area contributed by atoms with Crippen molar-refractivity contribution in [2.24, 2.45) is 15.4 Å². The molecule has 0 bridgehead atoms. The number of aromatic carboxylic acids is 1.